The Hall–Kier alpha value is -0.820. The molecule has 4 nitrogen and oxygen atoms in total. The number of likely N-dealkylation sites (N-methyl/N-ethyl adjacent to an activating group) is 1. The number of esters is 1. The van der Waals surface area contributed by atoms with Gasteiger partial charge in [-0.2, -0.15) is 13.2 Å². The minimum Gasteiger partial charge on any atom is -0.468 e. The van der Waals surface area contributed by atoms with E-state index in [9.17, 15) is 18.0 Å². The first-order valence-corrected chi connectivity index (χ1v) is 6.28. The summed E-state index contributed by atoms with van der Waals surface area (Å²) in [7, 11) is 4.66. The number of hydrogen-bond donors (Lipinski definition) is 1. The van der Waals surface area contributed by atoms with Crippen molar-refractivity contribution in [2.24, 2.45) is 0 Å². The lowest BCUT2D eigenvalue weighted by molar-refractivity contribution is -0.148. The maximum absolute atomic E-state index is 12.2. The van der Waals surface area contributed by atoms with E-state index in [1.54, 1.807) is 19.0 Å². The summed E-state index contributed by atoms with van der Waals surface area (Å²) in [6.45, 7) is -0.0465. The zero-order valence-electron chi connectivity index (χ0n) is 11.5. The van der Waals surface area contributed by atoms with Crippen LogP contribution in [0.1, 0.15) is 25.7 Å². The van der Waals surface area contributed by atoms with E-state index in [-0.39, 0.29) is 18.6 Å². The van der Waals surface area contributed by atoms with Gasteiger partial charge in [-0.1, -0.05) is 0 Å². The van der Waals surface area contributed by atoms with Gasteiger partial charge in [0.15, 0.2) is 0 Å². The van der Waals surface area contributed by atoms with E-state index < -0.39 is 18.1 Å². The van der Waals surface area contributed by atoms with Gasteiger partial charge in [0.05, 0.1) is 13.5 Å². The van der Waals surface area contributed by atoms with Crippen LogP contribution in [0.25, 0.3) is 0 Å². The van der Waals surface area contributed by atoms with E-state index in [1.807, 2.05) is 0 Å². The molecule has 1 fully saturated rings. The van der Waals surface area contributed by atoms with E-state index in [4.69, 9.17) is 4.74 Å². The van der Waals surface area contributed by atoms with Crippen LogP contribution in [0.15, 0.2) is 0 Å². The van der Waals surface area contributed by atoms with Crippen molar-refractivity contribution in [2.45, 2.75) is 43.4 Å². The zero-order chi connectivity index (χ0) is 14.7. The van der Waals surface area contributed by atoms with Gasteiger partial charge in [-0.3, -0.25) is 4.79 Å². The molecule has 0 saturated heterocycles. The van der Waals surface area contributed by atoms with Crippen molar-refractivity contribution in [1.29, 1.82) is 0 Å². The molecule has 0 aromatic heterocycles. The number of ether oxygens (including phenoxy) is 1. The Morgan fingerprint density at radius 1 is 1.53 bits per heavy atom. The predicted molar refractivity (Wildman–Crippen MR) is 64.7 cm³/mol. The normalized spacial score (nSPS) is 27.8. The fourth-order valence-corrected chi connectivity index (χ4v) is 2.59. The summed E-state index contributed by atoms with van der Waals surface area (Å²) < 4.78 is 41.3. The highest BCUT2D eigenvalue weighted by Crippen LogP contribution is 2.34. The molecule has 7 heteroatoms. The van der Waals surface area contributed by atoms with Crippen molar-refractivity contribution >= 4 is 5.97 Å². The topological polar surface area (TPSA) is 41.6 Å². The molecule has 1 rings (SSSR count). The third kappa shape index (κ3) is 4.07. The second-order valence-corrected chi connectivity index (χ2v) is 5.07. The molecule has 0 spiro atoms. The fraction of sp³-hybridized carbons (Fsp3) is 0.917. The molecule has 0 amide bonds. The van der Waals surface area contributed by atoms with E-state index in [0.29, 0.717) is 19.3 Å². The van der Waals surface area contributed by atoms with Crippen LogP contribution in [-0.4, -0.2) is 56.4 Å². The predicted octanol–water partition coefficient (Wildman–Crippen LogP) is 1.55. The van der Waals surface area contributed by atoms with Gasteiger partial charge in [0.2, 0.25) is 0 Å². The number of nitrogens with one attached hydrogen (secondary N) is 1. The van der Waals surface area contributed by atoms with E-state index in [1.165, 1.54) is 7.11 Å². The van der Waals surface area contributed by atoms with Crippen LogP contribution in [0.5, 0.6) is 0 Å². The van der Waals surface area contributed by atoms with Crippen LogP contribution >= 0.6 is 0 Å². The number of carbonyl (C=O) groups is 1. The molecule has 112 valence electrons. The smallest absolute Gasteiger partial charge is 0.390 e. The summed E-state index contributed by atoms with van der Waals surface area (Å²) in [6, 6.07) is -0.0334. The monoisotopic (exact) mass is 282 g/mol. The van der Waals surface area contributed by atoms with Crippen molar-refractivity contribution in [3.8, 4) is 0 Å². The number of carbonyl (C=O) groups excluding carboxylic acids is 1. The average molecular weight is 282 g/mol. The Balaban J connectivity index is 2.57. The second kappa shape index (κ2) is 6.09. The molecule has 2 atom stereocenters. The zero-order valence-corrected chi connectivity index (χ0v) is 11.5. The maximum Gasteiger partial charge on any atom is 0.390 e. The van der Waals surface area contributed by atoms with Crippen molar-refractivity contribution in [3.05, 3.63) is 0 Å². The number of methoxy groups -OCH3 is 1. The van der Waals surface area contributed by atoms with Crippen LogP contribution in [0.4, 0.5) is 13.2 Å². The number of rotatable bonds is 5. The van der Waals surface area contributed by atoms with Crippen LogP contribution in [-0.2, 0) is 9.53 Å². The summed E-state index contributed by atoms with van der Waals surface area (Å²) in [5.74, 6) is -0.346. The molecule has 0 aliphatic heterocycles. The standard InChI is InChI=1S/C12H21F3N2O2/c1-16-11(10(18)19-3)5-4-9(8-11)17(2)7-6-12(13,14)15/h9,16H,4-8H2,1-3H3. The van der Waals surface area contributed by atoms with Gasteiger partial charge < -0.3 is 15.0 Å². The molecule has 0 aromatic carbocycles. The third-order valence-corrected chi connectivity index (χ3v) is 3.91. The molecule has 0 aromatic rings. The minimum atomic E-state index is -4.14. The Labute approximate surface area is 111 Å². The summed E-state index contributed by atoms with van der Waals surface area (Å²) in [6.07, 6.45) is -3.23. The van der Waals surface area contributed by atoms with E-state index in [0.717, 1.165) is 0 Å². The van der Waals surface area contributed by atoms with Crippen LogP contribution < -0.4 is 5.32 Å². The highest BCUT2D eigenvalue weighted by molar-refractivity contribution is 5.81. The molecular formula is C12H21F3N2O2. The Kier molecular flexibility index (Phi) is 5.20. The van der Waals surface area contributed by atoms with E-state index in [2.05, 4.69) is 5.32 Å². The highest BCUT2D eigenvalue weighted by atomic mass is 19.4. The fourth-order valence-electron chi connectivity index (χ4n) is 2.59. The minimum absolute atomic E-state index is 0.0334. The third-order valence-electron chi connectivity index (χ3n) is 3.91. The molecule has 1 saturated carbocycles. The molecular weight excluding hydrogens is 261 g/mol. The summed E-state index contributed by atoms with van der Waals surface area (Å²) >= 11 is 0. The Morgan fingerprint density at radius 2 is 2.16 bits per heavy atom. The lowest BCUT2D eigenvalue weighted by Gasteiger charge is -2.28. The first-order chi connectivity index (χ1) is 8.74. The molecule has 0 heterocycles. The van der Waals surface area contributed by atoms with Crippen LogP contribution in [0, 0.1) is 0 Å². The molecule has 0 radical (unpaired) electrons. The molecule has 0 bridgehead atoms. The Morgan fingerprint density at radius 3 is 2.63 bits per heavy atom. The van der Waals surface area contributed by atoms with Crippen LogP contribution in [0.3, 0.4) is 0 Å². The van der Waals surface area contributed by atoms with Crippen molar-refractivity contribution in [3.63, 3.8) is 0 Å². The largest absolute Gasteiger partial charge is 0.468 e. The molecule has 1 N–H and O–H groups in total. The summed E-state index contributed by atoms with van der Waals surface area (Å²) in [5.41, 5.74) is -0.758. The molecule has 19 heavy (non-hydrogen) atoms. The molecule has 1 aliphatic rings. The van der Waals surface area contributed by atoms with Crippen molar-refractivity contribution < 1.29 is 22.7 Å². The highest BCUT2D eigenvalue weighted by Gasteiger charge is 2.46. The van der Waals surface area contributed by atoms with Gasteiger partial charge >= 0.3 is 12.1 Å². The average Bonchev–Trinajstić information content (AvgIpc) is 2.79. The number of nitrogens with zero attached hydrogens (tertiary/aromatic N) is 1. The Bertz CT molecular complexity index is 323. The molecule has 2 unspecified atom stereocenters. The van der Waals surface area contributed by atoms with Gasteiger partial charge in [-0.05, 0) is 33.4 Å². The summed E-state index contributed by atoms with van der Waals surface area (Å²) in [5, 5.41) is 2.96. The molecule has 1 aliphatic carbocycles. The van der Waals surface area contributed by atoms with Gasteiger partial charge in [-0.25, -0.2) is 0 Å². The lowest BCUT2D eigenvalue weighted by Crippen LogP contribution is -2.50. The lowest BCUT2D eigenvalue weighted by atomic mass is 9.97. The summed E-state index contributed by atoms with van der Waals surface area (Å²) in [4.78, 5) is 13.4. The first-order valence-electron chi connectivity index (χ1n) is 6.28. The second-order valence-electron chi connectivity index (χ2n) is 5.07. The number of halogens is 3. The van der Waals surface area contributed by atoms with E-state index >= 15 is 0 Å². The van der Waals surface area contributed by atoms with Crippen molar-refractivity contribution in [2.75, 3.05) is 27.7 Å². The first kappa shape index (κ1) is 16.2. The SMILES string of the molecule is CNC1(C(=O)OC)CCC(N(C)CCC(F)(F)F)C1. The van der Waals surface area contributed by atoms with Gasteiger partial charge in [0, 0.05) is 12.6 Å². The van der Waals surface area contributed by atoms with Crippen molar-refractivity contribution in [1.82, 2.24) is 10.2 Å². The van der Waals surface area contributed by atoms with Gasteiger partial charge in [0.25, 0.3) is 0 Å². The number of alkyl halides is 3. The quantitative estimate of drug-likeness (QED) is 0.777. The van der Waals surface area contributed by atoms with Crippen LogP contribution in [0.2, 0.25) is 0 Å². The van der Waals surface area contributed by atoms with Gasteiger partial charge in [-0.15, -0.1) is 0 Å². The maximum atomic E-state index is 12.2. The van der Waals surface area contributed by atoms with Gasteiger partial charge in [0.1, 0.15) is 5.54 Å². The number of hydrogen-bond acceptors (Lipinski definition) is 4.